The van der Waals surface area contributed by atoms with E-state index in [1.807, 2.05) is 62.4 Å². The third kappa shape index (κ3) is 3.32. The molecule has 0 amide bonds. The molecular formula is C17H16O3. The minimum absolute atomic E-state index is 0.0948. The van der Waals surface area contributed by atoms with Crippen molar-refractivity contribution in [2.75, 3.05) is 0 Å². The standard InChI is InChI=1S/C17H16O3/c1-12-7-6-8-13(2)16(12)17(19)20-15(18)11-14-9-4-3-5-10-14/h3-10H,11H2,1-2H3. The van der Waals surface area contributed by atoms with Crippen LogP contribution in [-0.2, 0) is 16.0 Å². The van der Waals surface area contributed by atoms with Crippen LogP contribution in [0.15, 0.2) is 48.5 Å². The zero-order chi connectivity index (χ0) is 14.5. The molecule has 0 radical (unpaired) electrons. The maximum Gasteiger partial charge on any atom is 0.346 e. The molecule has 0 saturated carbocycles. The lowest BCUT2D eigenvalue weighted by Crippen LogP contribution is -2.16. The molecule has 3 nitrogen and oxygen atoms in total. The van der Waals surface area contributed by atoms with Crippen molar-refractivity contribution < 1.29 is 14.3 Å². The first-order valence-electron chi connectivity index (χ1n) is 6.43. The molecule has 0 aromatic heterocycles. The Kier molecular flexibility index (Phi) is 4.31. The van der Waals surface area contributed by atoms with Crippen LogP contribution in [0, 0.1) is 13.8 Å². The number of aryl methyl sites for hydroxylation is 2. The first kappa shape index (κ1) is 14.0. The minimum atomic E-state index is -0.582. The molecule has 0 aliphatic carbocycles. The Hall–Kier alpha value is -2.42. The predicted octanol–water partition coefficient (Wildman–Crippen LogP) is 3.23. The van der Waals surface area contributed by atoms with Crippen LogP contribution < -0.4 is 0 Å². The highest BCUT2D eigenvalue weighted by Gasteiger charge is 2.17. The molecule has 0 N–H and O–H groups in total. The quantitative estimate of drug-likeness (QED) is 0.634. The van der Waals surface area contributed by atoms with E-state index in [2.05, 4.69) is 0 Å². The van der Waals surface area contributed by atoms with Gasteiger partial charge in [0.1, 0.15) is 0 Å². The summed E-state index contributed by atoms with van der Waals surface area (Å²) in [6.07, 6.45) is 0.0948. The summed E-state index contributed by atoms with van der Waals surface area (Å²) in [5.41, 5.74) is 2.91. The molecule has 3 heteroatoms. The summed E-state index contributed by atoms with van der Waals surface area (Å²) in [6.45, 7) is 3.65. The van der Waals surface area contributed by atoms with E-state index in [0.717, 1.165) is 16.7 Å². The molecule has 102 valence electrons. The zero-order valence-electron chi connectivity index (χ0n) is 11.6. The minimum Gasteiger partial charge on any atom is -0.389 e. The SMILES string of the molecule is Cc1cccc(C)c1C(=O)OC(=O)Cc1ccccc1. The Balaban J connectivity index is 2.07. The van der Waals surface area contributed by atoms with Crippen molar-refractivity contribution >= 4 is 11.9 Å². The van der Waals surface area contributed by atoms with E-state index in [0.29, 0.717) is 5.56 Å². The molecular weight excluding hydrogens is 252 g/mol. The summed E-state index contributed by atoms with van der Waals surface area (Å²) >= 11 is 0. The predicted molar refractivity (Wildman–Crippen MR) is 76.5 cm³/mol. The molecule has 20 heavy (non-hydrogen) atoms. The summed E-state index contributed by atoms with van der Waals surface area (Å²) in [5.74, 6) is -1.12. The van der Waals surface area contributed by atoms with Gasteiger partial charge in [0.2, 0.25) is 0 Å². The van der Waals surface area contributed by atoms with Crippen LogP contribution in [0.4, 0.5) is 0 Å². The molecule has 0 heterocycles. The van der Waals surface area contributed by atoms with Crippen LogP contribution in [0.2, 0.25) is 0 Å². The van der Waals surface area contributed by atoms with Crippen LogP contribution >= 0.6 is 0 Å². The molecule has 0 aliphatic heterocycles. The summed E-state index contributed by atoms with van der Waals surface area (Å²) in [7, 11) is 0. The fraction of sp³-hybridized carbons (Fsp3) is 0.176. The summed E-state index contributed by atoms with van der Waals surface area (Å²) in [6, 6.07) is 14.7. The van der Waals surface area contributed by atoms with Crippen LogP contribution in [0.5, 0.6) is 0 Å². The smallest absolute Gasteiger partial charge is 0.346 e. The molecule has 0 unspecified atom stereocenters. The number of hydrogen-bond donors (Lipinski definition) is 0. The van der Waals surface area contributed by atoms with E-state index >= 15 is 0 Å². The van der Waals surface area contributed by atoms with Gasteiger partial charge in [0.05, 0.1) is 12.0 Å². The van der Waals surface area contributed by atoms with E-state index in [-0.39, 0.29) is 6.42 Å². The lowest BCUT2D eigenvalue weighted by molar-refractivity contribution is -0.137. The first-order valence-corrected chi connectivity index (χ1v) is 6.43. The Bertz CT molecular complexity index is 610. The Labute approximate surface area is 118 Å². The highest BCUT2D eigenvalue weighted by molar-refractivity contribution is 5.99. The number of ether oxygens (including phenoxy) is 1. The van der Waals surface area contributed by atoms with Crippen molar-refractivity contribution in [1.29, 1.82) is 0 Å². The Morgan fingerprint density at radius 3 is 2.10 bits per heavy atom. The number of benzene rings is 2. The van der Waals surface area contributed by atoms with Crippen LogP contribution in [0.25, 0.3) is 0 Å². The summed E-state index contributed by atoms with van der Waals surface area (Å²) in [4.78, 5) is 23.8. The monoisotopic (exact) mass is 268 g/mol. The maximum atomic E-state index is 12.0. The van der Waals surface area contributed by atoms with Crippen LogP contribution in [-0.4, -0.2) is 11.9 Å². The van der Waals surface area contributed by atoms with Crippen molar-refractivity contribution in [3.8, 4) is 0 Å². The van der Waals surface area contributed by atoms with Gasteiger partial charge >= 0.3 is 11.9 Å². The van der Waals surface area contributed by atoms with Crippen molar-refractivity contribution in [2.24, 2.45) is 0 Å². The van der Waals surface area contributed by atoms with E-state index in [1.165, 1.54) is 0 Å². The van der Waals surface area contributed by atoms with Gasteiger partial charge in [0, 0.05) is 0 Å². The second kappa shape index (κ2) is 6.15. The second-order valence-electron chi connectivity index (χ2n) is 4.69. The van der Waals surface area contributed by atoms with Gasteiger partial charge in [0.25, 0.3) is 0 Å². The van der Waals surface area contributed by atoms with E-state index in [9.17, 15) is 9.59 Å². The van der Waals surface area contributed by atoms with E-state index < -0.39 is 11.9 Å². The van der Waals surface area contributed by atoms with Crippen molar-refractivity contribution in [2.45, 2.75) is 20.3 Å². The fourth-order valence-electron chi connectivity index (χ4n) is 2.09. The van der Waals surface area contributed by atoms with Gasteiger partial charge in [0.15, 0.2) is 0 Å². The van der Waals surface area contributed by atoms with Crippen molar-refractivity contribution in [1.82, 2.24) is 0 Å². The van der Waals surface area contributed by atoms with Gasteiger partial charge in [-0.1, -0.05) is 48.5 Å². The number of rotatable bonds is 3. The zero-order valence-corrected chi connectivity index (χ0v) is 11.6. The van der Waals surface area contributed by atoms with E-state index in [1.54, 1.807) is 0 Å². The normalized spacial score (nSPS) is 10.1. The first-order chi connectivity index (χ1) is 9.58. The lowest BCUT2D eigenvalue weighted by Gasteiger charge is -2.08. The number of hydrogen-bond acceptors (Lipinski definition) is 3. The van der Waals surface area contributed by atoms with Gasteiger partial charge in [-0.05, 0) is 30.5 Å². The summed E-state index contributed by atoms with van der Waals surface area (Å²) < 4.78 is 4.92. The highest BCUT2D eigenvalue weighted by Crippen LogP contribution is 2.15. The molecule has 2 aromatic carbocycles. The molecule has 0 bridgehead atoms. The lowest BCUT2D eigenvalue weighted by atomic mass is 10.0. The van der Waals surface area contributed by atoms with Crippen molar-refractivity contribution in [3.05, 3.63) is 70.8 Å². The molecule has 0 atom stereocenters. The van der Waals surface area contributed by atoms with Crippen LogP contribution in [0.3, 0.4) is 0 Å². The van der Waals surface area contributed by atoms with Crippen molar-refractivity contribution in [3.63, 3.8) is 0 Å². The molecule has 0 spiro atoms. The van der Waals surface area contributed by atoms with Crippen LogP contribution in [0.1, 0.15) is 27.0 Å². The number of esters is 2. The highest BCUT2D eigenvalue weighted by atomic mass is 16.6. The molecule has 0 saturated heterocycles. The topological polar surface area (TPSA) is 43.4 Å². The van der Waals surface area contributed by atoms with E-state index in [4.69, 9.17) is 4.74 Å². The van der Waals surface area contributed by atoms with Gasteiger partial charge < -0.3 is 4.74 Å². The van der Waals surface area contributed by atoms with Gasteiger partial charge in [-0.3, -0.25) is 4.79 Å². The molecule has 2 aromatic rings. The maximum absolute atomic E-state index is 12.0. The largest absolute Gasteiger partial charge is 0.389 e. The van der Waals surface area contributed by atoms with Gasteiger partial charge in [-0.2, -0.15) is 0 Å². The average Bonchev–Trinajstić information content (AvgIpc) is 2.39. The molecule has 0 aliphatic rings. The molecule has 2 rings (SSSR count). The Morgan fingerprint density at radius 1 is 0.900 bits per heavy atom. The van der Waals surface area contributed by atoms with Gasteiger partial charge in [-0.25, -0.2) is 4.79 Å². The summed E-state index contributed by atoms with van der Waals surface area (Å²) in [5, 5.41) is 0. The van der Waals surface area contributed by atoms with Gasteiger partial charge in [-0.15, -0.1) is 0 Å². The second-order valence-corrected chi connectivity index (χ2v) is 4.69. The third-order valence-electron chi connectivity index (χ3n) is 3.08. The molecule has 0 fully saturated rings. The Morgan fingerprint density at radius 2 is 1.50 bits per heavy atom. The number of carbonyl (C=O) groups excluding carboxylic acids is 2. The number of carbonyl (C=O) groups is 2. The average molecular weight is 268 g/mol. The fourth-order valence-corrected chi connectivity index (χ4v) is 2.09. The third-order valence-corrected chi connectivity index (χ3v) is 3.08.